The molecule has 4 aromatic carbocycles. The molecule has 0 aliphatic carbocycles. The highest BCUT2D eigenvalue weighted by molar-refractivity contribution is 6.35. The van der Waals surface area contributed by atoms with Gasteiger partial charge in [0.2, 0.25) is 0 Å². The summed E-state index contributed by atoms with van der Waals surface area (Å²) in [4.78, 5) is 4.73. The van der Waals surface area contributed by atoms with Crippen molar-refractivity contribution in [3.8, 4) is 34.0 Å². The van der Waals surface area contributed by atoms with E-state index in [0.29, 0.717) is 38.2 Å². The number of aromatic nitrogens is 3. The Kier molecular flexibility index (Phi) is 7.39. The number of para-hydroxylation sites is 1. The number of fused-ring (bicyclic) bond motifs is 1. The first-order valence-corrected chi connectivity index (χ1v) is 13.7. The number of aryl methyl sites for hydroxylation is 1. The van der Waals surface area contributed by atoms with Gasteiger partial charge in [-0.3, -0.25) is 0 Å². The summed E-state index contributed by atoms with van der Waals surface area (Å²) >= 11 is 12.5. The minimum atomic E-state index is -4.66. The van der Waals surface area contributed by atoms with Gasteiger partial charge in [-0.15, -0.1) is 0 Å². The lowest BCUT2D eigenvalue weighted by molar-refractivity contribution is -0.136. The van der Waals surface area contributed by atoms with E-state index in [1.165, 1.54) is 4.68 Å². The standard InChI is InChI=1S/C33H22Cl2F3N3O/c1-20-10-12-22(13-11-20)31-30-26(33(36,37)38)18-29(39-32(30)41(40-31)23-6-3-2-4-7-23)21-14-16-24(17-15-21)42-19-25-27(34)8-5-9-28(25)35/h2-18H,19H2,1H3. The monoisotopic (exact) mass is 603 g/mol. The van der Waals surface area contributed by atoms with Crippen LogP contribution in [-0.4, -0.2) is 14.8 Å². The fraction of sp³-hybridized carbons (Fsp3) is 0.0909. The predicted octanol–water partition coefficient (Wildman–Crippen LogP) is 9.97. The number of benzene rings is 4. The molecule has 0 bridgehead atoms. The minimum absolute atomic E-state index is 0.0597. The minimum Gasteiger partial charge on any atom is -0.489 e. The summed E-state index contributed by atoms with van der Waals surface area (Å²) in [5.41, 5.74) is 2.95. The maximum Gasteiger partial charge on any atom is 0.417 e. The lowest BCUT2D eigenvalue weighted by atomic mass is 10.0. The molecule has 0 radical (unpaired) electrons. The maximum absolute atomic E-state index is 14.7. The second-order valence-electron chi connectivity index (χ2n) is 9.73. The largest absolute Gasteiger partial charge is 0.489 e. The first-order valence-electron chi connectivity index (χ1n) is 13.0. The zero-order valence-corrected chi connectivity index (χ0v) is 23.7. The van der Waals surface area contributed by atoms with Crippen molar-refractivity contribution in [1.29, 1.82) is 0 Å². The Bertz CT molecular complexity index is 1870. The lowest BCUT2D eigenvalue weighted by Crippen LogP contribution is -2.08. The third-order valence-corrected chi connectivity index (χ3v) is 7.57. The van der Waals surface area contributed by atoms with Crippen LogP contribution in [0.15, 0.2) is 103 Å². The Hall–Kier alpha value is -4.33. The van der Waals surface area contributed by atoms with Gasteiger partial charge in [-0.2, -0.15) is 18.3 Å². The number of nitrogens with zero attached hydrogens (tertiary/aromatic N) is 3. The second-order valence-corrected chi connectivity index (χ2v) is 10.5. The quantitative estimate of drug-likeness (QED) is 0.190. The van der Waals surface area contributed by atoms with Gasteiger partial charge in [0.25, 0.3) is 0 Å². The summed E-state index contributed by atoms with van der Waals surface area (Å²) in [6, 6.07) is 29.2. The average molecular weight is 604 g/mol. The fourth-order valence-corrected chi connectivity index (χ4v) is 5.20. The highest BCUT2D eigenvalue weighted by Crippen LogP contribution is 2.41. The van der Waals surface area contributed by atoms with Crippen molar-refractivity contribution in [3.63, 3.8) is 0 Å². The van der Waals surface area contributed by atoms with Crippen molar-refractivity contribution in [2.75, 3.05) is 0 Å². The molecule has 0 spiro atoms. The van der Waals surface area contributed by atoms with Crippen molar-refractivity contribution in [2.24, 2.45) is 0 Å². The van der Waals surface area contributed by atoms with Gasteiger partial charge in [0.05, 0.1) is 22.3 Å². The van der Waals surface area contributed by atoms with Crippen LogP contribution in [-0.2, 0) is 12.8 Å². The molecule has 4 nitrogen and oxygen atoms in total. The molecular weight excluding hydrogens is 582 g/mol. The van der Waals surface area contributed by atoms with Crippen molar-refractivity contribution in [1.82, 2.24) is 14.8 Å². The lowest BCUT2D eigenvalue weighted by Gasteiger charge is -2.13. The van der Waals surface area contributed by atoms with Crippen LogP contribution in [0.25, 0.3) is 39.2 Å². The van der Waals surface area contributed by atoms with Gasteiger partial charge in [0.1, 0.15) is 18.1 Å². The van der Waals surface area contributed by atoms with Gasteiger partial charge < -0.3 is 4.74 Å². The molecule has 0 atom stereocenters. The smallest absolute Gasteiger partial charge is 0.417 e. The average Bonchev–Trinajstić information content (AvgIpc) is 3.36. The molecule has 2 aromatic heterocycles. The van der Waals surface area contributed by atoms with Gasteiger partial charge in [-0.25, -0.2) is 9.67 Å². The number of rotatable bonds is 6. The molecule has 0 aliphatic rings. The molecule has 210 valence electrons. The zero-order valence-electron chi connectivity index (χ0n) is 22.2. The molecule has 2 heterocycles. The van der Waals surface area contributed by atoms with Crippen LogP contribution in [0.1, 0.15) is 16.7 Å². The van der Waals surface area contributed by atoms with E-state index in [0.717, 1.165) is 11.6 Å². The van der Waals surface area contributed by atoms with Crippen LogP contribution >= 0.6 is 23.2 Å². The Morgan fingerprint density at radius 1 is 0.786 bits per heavy atom. The topological polar surface area (TPSA) is 39.9 Å². The number of hydrogen-bond acceptors (Lipinski definition) is 3. The molecule has 0 amide bonds. The Balaban J connectivity index is 1.46. The summed E-state index contributed by atoms with van der Waals surface area (Å²) < 4.78 is 51.3. The summed E-state index contributed by atoms with van der Waals surface area (Å²) in [6.07, 6.45) is -4.66. The summed E-state index contributed by atoms with van der Waals surface area (Å²) in [5, 5.41) is 5.57. The van der Waals surface area contributed by atoms with E-state index in [1.54, 1.807) is 78.9 Å². The van der Waals surface area contributed by atoms with E-state index in [9.17, 15) is 13.2 Å². The predicted molar refractivity (Wildman–Crippen MR) is 160 cm³/mol. The van der Waals surface area contributed by atoms with Gasteiger partial charge >= 0.3 is 6.18 Å². The SMILES string of the molecule is Cc1ccc(-c2nn(-c3ccccc3)c3nc(-c4ccc(OCc5c(Cl)cccc5Cl)cc4)cc(C(F)(F)F)c23)cc1. The van der Waals surface area contributed by atoms with Crippen molar-refractivity contribution in [2.45, 2.75) is 19.7 Å². The van der Waals surface area contributed by atoms with Crippen LogP contribution in [0.5, 0.6) is 5.75 Å². The molecule has 9 heteroatoms. The third kappa shape index (κ3) is 5.45. The molecule has 0 unspecified atom stereocenters. The first-order chi connectivity index (χ1) is 20.2. The van der Waals surface area contributed by atoms with Gasteiger partial charge in [0, 0.05) is 26.7 Å². The second kappa shape index (κ2) is 11.2. The van der Waals surface area contributed by atoms with E-state index >= 15 is 0 Å². The number of alkyl halides is 3. The molecule has 0 fully saturated rings. The Morgan fingerprint density at radius 3 is 2.07 bits per heavy atom. The normalized spacial score (nSPS) is 11.7. The van der Waals surface area contributed by atoms with Gasteiger partial charge in [0.15, 0.2) is 5.65 Å². The molecule has 0 saturated heterocycles. The van der Waals surface area contributed by atoms with Gasteiger partial charge in [-0.1, -0.05) is 77.3 Å². The molecular formula is C33H22Cl2F3N3O. The summed E-state index contributed by atoms with van der Waals surface area (Å²) in [5.74, 6) is 0.503. The number of hydrogen-bond donors (Lipinski definition) is 0. The summed E-state index contributed by atoms with van der Waals surface area (Å²) in [6.45, 7) is 2.06. The van der Waals surface area contributed by atoms with E-state index in [2.05, 4.69) is 5.10 Å². The third-order valence-electron chi connectivity index (χ3n) is 6.86. The van der Waals surface area contributed by atoms with Gasteiger partial charge in [-0.05, 0) is 61.5 Å². The molecule has 0 aliphatic heterocycles. The fourth-order valence-electron chi connectivity index (χ4n) is 4.70. The van der Waals surface area contributed by atoms with Crippen molar-refractivity contribution >= 4 is 34.2 Å². The van der Waals surface area contributed by atoms with Crippen LogP contribution in [0.3, 0.4) is 0 Å². The van der Waals surface area contributed by atoms with Crippen LogP contribution in [0.4, 0.5) is 13.2 Å². The van der Waals surface area contributed by atoms with E-state index < -0.39 is 11.7 Å². The molecule has 0 saturated carbocycles. The van der Waals surface area contributed by atoms with Crippen LogP contribution < -0.4 is 4.74 Å². The number of halogens is 5. The highest BCUT2D eigenvalue weighted by Gasteiger charge is 2.36. The number of ether oxygens (including phenoxy) is 1. The van der Waals surface area contributed by atoms with Crippen LogP contribution in [0, 0.1) is 6.92 Å². The molecule has 6 rings (SSSR count). The number of pyridine rings is 1. The maximum atomic E-state index is 14.7. The molecule has 0 N–H and O–H groups in total. The Labute approximate surface area is 249 Å². The Morgan fingerprint density at radius 2 is 1.43 bits per heavy atom. The van der Waals surface area contributed by atoms with Crippen molar-refractivity contribution < 1.29 is 17.9 Å². The molecule has 6 aromatic rings. The van der Waals surface area contributed by atoms with E-state index in [1.807, 2.05) is 25.1 Å². The van der Waals surface area contributed by atoms with Crippen molar-refractivity contribution in [3.05, 3.63) is 130 Å². The van der Waals surface area contributed by atoms with Crippen LogP contribution in [0.2, 0.25) is 10.0 Å². The zero-order chi connectivity index (χ0) is 29.4. The van der Waals surface area contributed by atoms with E-state index in [4.69, 9.17) is 32.9 Å². The highest BCUT2D eigenvalue weighted by atomic mass is 35.5. The summed E-state index contributed by atoms with van der Waals surface area (Å²) in [7, 11) is 0. The first kappa shape index (κ1) is 27.8. The molecule has 42 heavy (non-hydrogen) atoms. The van der Waals surface area contributed by atoms with E-state index in [-0.39, 0.29) is 29.0 Å².